The summed E-state index contributed by atoms with van der Waals surface area (Å²) in [7, 11) is -3.70. The van der Waals surface area contributed by atoms with Gasteiger partial charge in [0, 0.05) is 50.5 Å². The largest absolute Gasteiger partial charge is 0.351 e. The zero-order valence-electron chi connectivity index (χ0n) is 20.9. The van der Waals surface area contributed by atoms with Crippen LogP contribution in [-0.4, -0.2) is 63.5 Å². The molecule has 1 amide bonds. The first-order chi connectivity index (χ1) is 18.3. The van der Waals surface area contributed by atoms with E-state index in [0.29, 0.717) is 29.9 Å². The second kappa shape index (κ2) is 11.1. The van der Waals surface area contributed by atoms with E-state index in [0.717, 1.165) is 41.6 Å². The molecule has 2 heterocycles. The number of thiazole rings is 1. The highest BCUT2D eigenvalue weighted by molar-refractivity contribution is 7.92. The molecule has 0 spiro atoms. The van der Waals surface area contributed by atoms with E-state index in [9.17, 15) is 17.6 Å². The van der Waals surface area contributed by atoms with Gasteiger partial charge in [-0.2, -0.15) is 0 Å². The number of carbonyl (C=O) groups is 1. The first-order valence-corrected chi connectivity index (χ1v) is 14.6. The van der Waals surface area contributed by atoms with E-state index in [4.69, 9.17) is 0 Å². The molecule has 1 fully saturated rings. The third-order valence-electron chi connectivity index (χ3n) is 6.45. The summed E-state index contributed by atoms with van der Waals surface area (Å²) in [6.45, 7) is 6.32. The fourth-order valence-corrected chi connectivity index (χ4v) is 6.34. The monoisotopic (exact) mass is 553 g/mol. The lowest BCUT2D eigenvalue weighted by molar-refractivity contribution is 0.0948. The molecule has 0 bridgehead atoms. The number of benzene rings is 3. The third kappa shape index (κ3) is 5.95. The molecule has 38 heavy (non-hydrogen) atoms. The molecule has 1 aliphatic heterocycles. The number of amides is 1. The van der Waals surface area contributed by atoms with Gasteiger partial charge in [0.1, 0.15) is 11.3 Å². The summed E-state index contributed by atoms with van der Waals surface area (Å²) in [5.41, 5.74) is 2.24. The normalized spacial score (nSPS) is 14.5. The number of carbonyl (C=O) groups excluding carboxylic acids is 1. The van der Waals surface area contributed by atoms with Crippen molar-refractivity contribution in [3.05, 3.63) is 83.7 Å². The van der Waals surface area contributed by atoms with E-state index in [1.807, 2.05) is 13.0 Å². The first kappa shape index (κ1) is 26.1. The van der Waals surface area contributed by atoms with Crippen molar-refractivity contribution in [3.63, 3.8) is 0 Å². The van der Waals surface area contributed by atoms with Gasteiger partial charge in [0.25, 0.3) is 15.9 Å². The predicted molar refractivity (Wildman–Crippen MR) is 149 cm³/mol. The van der Waals surface area contributed by atoms with Crippen LogP contribution in [0.1, 0.15) is 15.9 Å². The molecule has 5 rings (SSSR count). The minimum Gasteiger partial charge on any atom is -0.351 e. The Morgan fingerprint density at radius 3 is 2.39 bits per heavy atom. The molecule has 8 nitrogen and oxygen atoms in total. The molecule has 0 saturated carbocycles. The van der Waals surface area contributed by atoms with Gasteiger partial charge in [0.15, 0.2) is 5.13 Å². The average Bonchev–Trinajstić information content (AvgIpc) is 3.35. The molecule has 1 saturated heterocycles. The molecule has 0 unspecified atom stereocenters. The Balaban J connectivity index is 1.07. The number of halogens is 1. The van der Waals surface area contributed by atoms with Crippen LogP contribution in [0.3, 0.4) is 0 Å². The maximum absolute atomic E-state index is 14.0. The van der Waals surface area contributed by atoms with Crippen molar-refractivity contribution >= 4 is 48.3 Å². The topological polar surface area (TPSA) is 94.6 Å². The number of aromatic nitrogens is 1. The summed E-state index contributed by atoms with van der Waals surface area (Å²) in [6, 6.07) is 18.0. The number of nitrogens with zero attached hydrogens (tertiary/aromatic N) is 3. The van der Waals surface area contributed by atoms with Gasteiger partial charge in [-0.05, 0) is 55.5 Å². The number of fused-ring (bicyclic) bond motifs is 1. The van der Waals surface area contributed by atoms with Crippen LogP contribution in [0.4, 0.5) is 15.2 Å². The van der Waals surface area contributed by atoms with Gasteiger partial charge in [-0.3, -0.25) is 14.4 Å². The SMILES string of the molecule is Cc1ccc(S(=O)(=O)Nc2ccc(C(=O)NCCN3CCN(c4nc5c(F)cccc5s4)CC3)cc2)cc1. The zero-order valence-corrected chi connectivity index (χ0v) is 22.5. The summed E-state index contributed by atoms with van der Waals surface area (Å²) >= 11 is 1.50. The average molecular weight is 554 g/mol. The molecule has 3 aromatic carbocycles. The molecule has 4 aromatic rings. The summed E-state index contributed by atoms with van der Waals surface area (Å²) in [5.74, 6) is -0.509. The highest BCUT2D eigenvalue weighted by atomic mass is 32.2. The summed E-state index contributed by atoms with van der Waals surface area (Å²) in [5, 5.41) is 3.76. The van der Waals surface area contributed by atoms with Gasteiger partial charge in [0.2, 0.25) is 0 Å². The van der Waals surface area contributed by atoms with Crippen molar-refractivity contribution in [1.29, 1.82) is 0 Å². The van der Waals surface area contributed by atoms with Crippen LogP contribution in [0, 0.1) is 12.7 Å². The van der Waals surface area contributed by atoms with E-state index < -0.39 is 10.0 Å². The molecule has 2 N–H and O–H groups in total. The number of rotatable bonds is 8. The molecule has 0 atom stereocenters. The molecular weight excluding hydrogens is 525 g/mol. The van der Waals surface area contributed by atoms with Gasteiger partial charge in [-0.15, -0.1) is 0 Å². The summed E-state index contributed by atoms with van der Waals surface area (Å²) < 4.78 is 42.5. The standard InChI is InChI=1S/C27H28FN5O3S2/c1-19-5-11-22(12-6-19)38(35,36)31-21-9-7-20(8-10-21)26(34)29-13-14-32-15-17-33(18-16-32)27-30-25-23(28)3-2-4-24(25)37-27/h2-12,31H,13-18H2,1H3,(H,29,34). The van der Waals surface area contributed by atoms with E-state index in [2.05, 4.69) is 24.8 Å². The van der Waals surface area contributed by atoms with Crippen molar-refractivity contribution in [2.24, 2.45) is 0 Å². The Morgan fingerprint density at radius 1 is 1.00 bits per heavy atom. The van der Waals surface area contributed by atoms with Gasteiger partial charge >= 0.3 is 0 Å². The van der Waals surface area contributed by atoms with E-state index >= 15 is 0 Å². The van der Waals surface area contributed by atoms with Gasteiger partial charge < -0.3 is 10.2 Å². The molecular formula is C27H28FN5O3S2. The van der Waals surface area contributed by atoms with Crippen LogP contribution in [0.5, 0.6) is 0 Å². The Morgan fingerprint density at radius 2 is 1.71 bits per heavy atom. The number of para-hydroxylation sites is 1. The Labute approximate surface area is 225 Å². The van der Waals surface area contributed by atoms with Crippen LogP contribution in [0.15, 0.2) is 71.6 Å². The number of hydrogen-bond acceptors (Lipinski definition) is 7. The van der Waals surface area contributed by atoms with Gasteiger partial charge in [0.05, 0.1) is 9.60 Å². The molecule has 0 aliphatic carbocycles. The first-order valence-electron chi connectivity index (χ1n) is 12.3. The van der Waals surface area contributed by atoms with Crippen LogP contribution in [0.25, 0.3) is 10.2 Å². The van der Waals surface area contributed by atoms with Crippen LogP contribution < -0.4 is 14.9 Å². The van der Waals surface area contributed by atoms with Crippen molar-refractivity contribution in [3.8, 4) is 0 Å². The van der Waals surface area contributed by atoms with Gasteiger partial charge in [-0.25, -0.2) is 17.8 Å². The second-order valence-electron chi connectivity index (χ2n) is 9.16. The van der Waals surface area contributed by atoms with Crippen molar-refractivity contribution in [2.75, 3.05) is 48.9 Å². The minimum absolute atomic E-state index is 0.180. The second-order valence-corrected chi connectivity index (χ2v) is 11.9. The van der Waals surface area contributed by atoms with Crippen LogP contribution >= 0.6 is 11.3 Å². The van der Waals surface area contributed by atoms with Crippen molar-refractivity contribution in [1.82, 2.24) is 15.2 Å². The summed E-state index contributed by atoms with van der Waals surface area (Å²) in [6.07, 6.45) is 0. The smallest absolute Gasteiger partial charge is 0.261 e. The predicted octanol–water partition coefficient (Wildman–Crippen LogP) is 4.10. The molecule has 0 radical (unpaired) electrons. The molecule has 1 aromatic heterocycles. The summed E-state index contributed by atoms with van der Waals surface area (Å²) in [4.78, 5) is 21.7. The number of anilines is 2. The number of sulfonamides is 1. The van der Waals surface area contributed by atoms with Crippen molar-refractivity contribution in [2.45, 2.75) is 11.8 Å². The lowest BCUT2D eigenvalue weighted by atomic mass is 10.2. The van der Waals surface area contributed by atoms with Crippen LogP contribution in [-0.2, 0) is 10.0 Å². The number of aryl methyl sites for hydroxylation is 1. The number of nitrogens with one attached hydrogen (secondary N) is 2. The Hall–Kier alpha value is -3.54. The number of piperazine rings is 1. The Bertz CT molecular complexity index is 1530. The fraction of sp³-hybridized carbons (Fsp3) is 0.259. The highest BCUT2D eigenvalue weighted by Gasteiger charge is 2.21. The quantitative estimate of drug-likeness (QED) is 0.341. The minimum atomic E-state index is -3.70. The lowest BCUT2D eigenvalue weighted by Crippen LogP contribution is -2.48. The fourth-order valence-electron chi connectivity index (χ4n) is 4.25. The Kier molecular flexibility index (Phi) is 7.59. The van der Waals surface area contributed by atoms with Crippen molar-refractivity contribution < 1.29 is 17.6 Å². The van der Waals surface area contributed by atoms with E-state index in [1.54, 1.807) is 54.6 Å². The molecule has 1 aliphatic rings. The maximum Gasteiger partial charge on any atom is 0.261 e. The van der Waals surface area contributed by atoms with E-state index in [1.165, 1.54) is 17.4 Å². The highest BCUT2D eigenvalue weighted by Crippen LogP contribution is 2.30. The molecule has 198 valence electrons. The zero-order chi connectivity index (χ0) is 26.7. The third-order valence-corrected chi connectivity index (χ3v) is 8.92. The lowest BCUT2D eigenvalue weighted by Gasteiger charge is -2.34. The van der Waals surface area contributed by atoms with Crippen LogP contribution in [0.2, 0.25) is 0 Å². The van der Waals surface area contributed by atoms with E-state index in [-0.39, 0.29) is 16.6 Å². The van der Waals surface area contributed by atoms with Gasteiger partial charge in [-0.1, -0.05) is 35.1 Å². The number of hydrogen-bond donors (Lipinski definition) is 2. The molecule has 11 heteroatoms. The maximum atomic E-state index is 14.0.